The van der Waals surface area contributed by atoms with Crippen molar-refractivity contribution in [2.24, 2.45) is 0 Å². The van der Waals surface area contributed by atoms with Gasteiger partial charge in [0.25, 0.3) is 0 Å². The first-order chi connectivity index (χ1) is 10.9. The van der Waals surface area contributed by atoms with Gasteiger partial charge in [0.05, 0.1) is 5.76 Å². The molecule has 0 saturated heterocycles. The zero-order chi connectivity index (χ0) is 15.2. The average Bonchev–Trinajstić information content (AvgIpc) is 2.58. The van der Waals surface area contributed by atoms with Crippen LogP contribution in [0.5, 0.6) is 0 Å². The van der Waals surface area contributed by atoms with Crippen LogP contribution in [0.3, 0.4) is 0 Å². The summed E-state index contributed by atoms with van der Waals surface area (Å²) in [6.07, 6.45) is 12.6. The number of rotatable bonds is 3. The lowest BCUT2D eigenvalue weighted by Gasteiger charge is -2.23. The topological polar surface area (TPSA) is 9.23 Å². The van der Waals surface area contributed by atoms with Gasteiger partial charge < -0.3 is 4.74 Å². The van der Waals surface area contributed by atoms with Gasteiger partial charge in [0.15, 0.2) is 6.10 Å². The third-order valence-corrected chi connectivity index (χ3v) is 4.30. The summed E-state index contributed by atoms with van der Waals surface area (Å²) in [6, 6.07) is 8.46. The smallest absolute Gasteiger partial charge is 0.184 e. The molecule has 1 heteroatoms. The molecular formula is C21H24O. The molecule has 2 aliphatic rings. The number of benzene rings is 1. The van der Waals surface area contributed by atoms with Crippen LogP contribution in [-0.4, -0.2) is 0 Å². The number of ether oxygens (including phenoxy) is 1. The van der Waals surface area contributed by atoms with Crippen LogP contribution >= 0.6 is 0 Å². The second-order valence-electron chi connectivity index (χ2n) is 6.09. The van der Waals surface area contributed by atoms with E-state index in [0.29, 0.717) is 0 Å². The number of fused-ring (bicyclic) bond motifs is 1. The van der Waals surface area contributed by atoms with E-state index < -0.39 is 0 Å². The number of unbranched alkanes of at least 4 members (excludes halogenated alkanes) is 1. The Morgan fingerprint density at radius 3 is 2.95 bits per heavy atom. The molecule has 1 aromatic carbocycles. The van der Waals surface area contributed by atoms with Gasteiger partial charge in [-0.2, -0.15) is 0 Å². The molecule has 1 heterocycles. The van der Waals surface area contributed by atoms with E-state index in [1.165, 1.54) is 48.8 Å². The van der Waals surface area contributed by atoms with Gasteiger partial charge in [-0.15, -0.1) is 0 Å². The highest BCUT2D eigenvalue weighted by molar-refractivity contribution is 5.59. The molecule has 0 N–H and O–H groups in total. The number of hydrogen-bond donors (Lipinski definition) is 0. The second kappa shape index (κ2) is 7.36. The van der Waals surface area contributed by atoms with E-state index in [1.54, 1.807) is 0 Å². The Hall–Kier alpha value is -1.94. The maximum atomic E-state index is 6.17. The van der Waals surface area contributed by atoms with Crippen LogP contribution in [0.4, 0.5) is 0 Å². The van der Waals surface area contributed by atoms with E-state index in [1.807, 2.05) is 0 Å². The normalized spacial score (nSPS) is 20.0. The van der Waals surface area contributed by atoms with Crippen molar-refractivity contribution in [2.45, 2.75) is 58.0 Å². The van der Waals surface area contributed by atoms with Gasteiger partial charge in [-0.3, -0.25) is 0 Å². The summed E-state index contributed by atoms with van der Waals surface area (Å²) < 4.78 is 6.17. The van der Waals surface area contributed by atoms with Crippen molar-refractivity contribution in [3.05, 3.63) is 52.8 Å². The highest BCUT2D eigenvalue weighted by atomic mass is 16.5. The Morgan fingerprint density at radius 1 is 1.23 bits per heavy atom. The standard InChI is InChI=1S/C21H24O/c1-2-3-12-19-16-18-11-7-8-13-20(18)21(22-19)15-14-17-9-5-4-6-10-17/h7-9,11,13,16,21H,2-6,10,12H2,1H3. The quantitative estimate of drug-likeness (QED) is 0.640. The van der Waals surface area contributed by atoms with Crippen LogP contribution in [0.2, 0.25) is 0 Å². The lowest BCUT2D eigenvalue weighted by Crippen LogP contribution is -2.09. The van der Waals surface area contributed by atoms with Crippen LogP contribution in [0.1, 0.15) is 69.1 Å². The molecule has 3 rings (SSSR count). The van der Waals surface area contributed by atoms with Gasteiger partial charge in [-0.05, 0) is 55.2 Å². The van der Waals surface area contributed by atoms with Crippen LogP contribution < -0.4 is 0 Å². The molecule has 0 fully saturated rings. The fourth-order valence-corrected chi connectivity index (χ4v) is 3.00. The number of allylic oxidation sites excluding steroid dienone is 3. The Kier molecular flexibility index (Phi) is 5.01. The summed E-state index contributed by atoms with van der Waals surface area (Å²) in [5.41, 5.74) is 3.75. The molecule has 22 heavy (non-hydrogen) atoms. The van der Waals surface area contributed by atoms with Gasteiger partial charge >= 0.3 is 0 Å². The van der Waals surface area contributed by atoms with Crippen LogP contribution in [0, 0.1) is 11.8 Å². The molecule has 1 aromatic rings. The number of hydrogen-bond acceptors (Lipinski definition) is 1. The third kappa shape index (κ3) is 3.63. The molecule has 0 aromatic heterocycles. The predicted octanol–water partition coefficient (Wildman–Crippen LogP) is 5.79. The minimum atomic E-state index is -0.115. The molecule has 0 radical (unpaired) electrons. The molecule has 1 atom stereocenters. The fraction of sp³-hybridized carbons (Fsp3) is 0.429. The van der Waals surface area contributed by atoms with Crippen molar-refractivity contribution in [1.82, 2.24) is 0 Å². The van der Waals surface area contributed by atoms with Crippen molar-refractivity contribution in [3.8, 4) is 11.8 Å². The van der Waals surface area contributed by atoms with E-state index in [4.69, 9.17) is 4.74 Å². The molecule has 0 bridgehead atoms. The van der Waals surface area contributed by atoms with Gasteiger partial charge in [0.2, 0.25) is 0 Å². The molecule has 1 nitrogen and oxygen atoms in total. The third-order valence-electron chi connectivity index (χ3n) is 4.30. The van der Waals surface area contributed by atoms with E-state index in [0.717, 1.165) is 18.6 Å². The first-order valence-electron chi connectivity index (χ1n) is 8.53. The first kappa shape index (κ1) is 15.0. The van der Waals surface area contributed by atoms with E-state index in [2.05, 4.69) is 55.2 Å². The Balaban J connectivity index is 1.83. The molecule has 0 amide bonds. The van der Waals surface area contributed by atoms with Crippen LogP contribution in [-0.2, 0) is 4.74 Å². The zero-order valence-electron chi connectivity index (χ0n) is 13.4. The maximum absolute atomic E-state index is 6.17. The molecule has 0 saturated carbocycles. The van der Waals surface area contributed by atoms with E-state index >= 15 is 0 Å². The van der Waals surface area contributed by atoms with Gasteiger partial charge in [-0.25, -0.2) is 0 Å². The summed E-state index contributed by atoms with van der Waals surface area (Å²) in [7, 11) is 0. The average molecular weight is 292 g/mol. The SMILES string of the molecule is CCCCC1=Cc2ccccc2C(C#CC2=CCCCC2)O1. The monoisotopic (exact) mass is 292 g/mol. The fourth-order valence-electron chi connectivity index (χ4n) is 3.00. The molecule has 114 valence electrons. The van der Waals surface area contributed by atoms with Crippen LogP contribution in [0.15, 0.2) is 41.7 Å². The lowest BCUT2D eigenvalue weighted by molar-refractivity contribution is 0.153. The van der Waals surface area contributed by atoms with Gasteiger partial charge in [-0.1, -0.05) is 49.6 Å². The van der Waals surface area contributed by atoms with Crippen molar-refractivity contribution < 1.29 is 4.74 Å². The minimum absolute atomic E-state index is 0.115. The Morgan fingerprint density at radius 2 is 2.14 bits per heavy atom. The van der Waals surface area contributed by atoms with Gasteiger partial charge in [0.1, 0.15) is 0 Å². The summed E-state index contributed by atoms with van der Waals surface area (Å²) >= 11 is 0. The molecule has 1 aliphatic carbocycles. The minimum Gasteiger partial charge on any atom is -0.477 e. The summed E-state index contributed by atoms with van der Waals surface area (Å²) in [5.74, 6) is 7.82. The molecular weight excluding hydrogens is 268 g/mol. The van der Waals surface area contributed by atoms with Crippen molar-refractivity contribution >= 4 is 6.08 Å². The van der Waals surface area contributed by atoms with E-state index in [-0.39, 0.29) is 6.10 Å². The Labute approximate surface area is 134 Å². The summed E-state index contributed by atoms with van der Waals surface area (Å²) in [6.45, 7) is 2.21. The largest absolute Gasteiger partial charge is 0.477 e. The van der Waals surface area contributed by atoms with Crippen molar-refractivity contribution in [3.63, 3.8) is 0 Å². The first-order valence-corrected chi connectivity index (χ1v) is 8.53. The predicted molar refractivity (Wildman–Crippen MR) is 92.1 cm³/mol. The highest BCUT2D eigenvalue weighted by Gasteiger charge is 2.20. The Bertz CT molecular complexity index is 639. The summed E-state index contributed by atoms with van der Waals surface area (Å²) in [4.78, 5) is 0. The molecule has 1 aliphatic heterocycles. The molecule has 1 unspecified atom stereocenters. The lowest BCUT2D eigenvalue weighted by atomic mass is 9.96. The van der Waals surface area contributed by atoms with E-state index in [9.17, 15) is 0 Å². The molecule has 0 spiro atoms. The maximum Gasteiger partial charge on any atom is 0.184 e. The second-order valence-corrected chi connectivity index (χ2v) is 6.09. The van der Waals surface area contributed by atoms with Crippen molar-refractivity contribution in [2.75, 3.05) is 0 Å². The van der Waals surface area contributed by atoms with Crippen molar-refractivity contribution in [1.29, 1.82) is 0 Å². The zero-order valence-corrected chi connectivity index (χ0v) is 13.4. The highest BCUT2D eigenvalue weighted by Crippen LogP contribution is 2.32. The summed E-state index contributed by atoms with van der Waals surface area (Å²) in [5, 5.41) is 0. The van der Waals surface area contributed by atoms with Crippen LogP contribution in [0.25, 0.3) is 6.08 Å². The van der Waals surface area contributed by atoms with Gasteiger partial charge in [0, 0.05) is 12.0 Å².